The van der Waals surface area contributed by atoms with E-state index < -0.39 is 13.3 Å². The first-order valence-corrected chi connectivity index (χ1v) is 24.3. The van der Waals surface area contributed by atoms with E-state index in [0.29, 0.717) is 17.4 Å². The quantitative estimate of drug-likeness (QED) is 0.123. The molecule has 3 aromatic heterocycles. The Kier molecular flexibility index (Phi) is 11.5. The second-order valence-corrected chi connectivity index (χ2v) is 25.1. The van der Waals surface area contributed by atoms with Crippen molar-refractivity contribution in [2.45, 2.75) is 44.0 Å². The molecule has 245 valence electrons. The van der Waals surface area contributed by atoms with Crippen molar-refractivity contribution in [3.05, 3.63) is 139 Å². The molecule has 1 radical (unpaired) electrons. The van der Waals surface area contributed by atoms with Crippen LogP contribution >= 0.6 is 11.3 Å². The van der Waals surface area contributed by atoms with Crippen LogP contribution in [0.2, 0.25) is 17.3 Å². The maximum atomic E-state index is 14.3. The number of pyridine rings is 2. The van der Waals surface area contributed by atoms with Crippen LogP contribution in [0.25, 0.3) is 53.8 Å². The number of fused-ring (bicyclic) bond motifs is 3. The molecule has 0 saturated carbocycles. The fraction of sp³-hybridized carbons (Fsp3) is 0.190. The van der Waals surface area contributed by atoms with Crippen LogP contribution in [0.3, 0.4) is 0 Å². The Bertz CT molecular complexity index is 2140. The molecule has 0 saturated heterocycles. The standard InChI is InChI=1S/C28H23FNS.C14H16GeN.Ir/c1-17(2)18(3)19-12-13-30-26(15-19)21-8-10-23-24-14-20(22-6-4-5-7-25(22)29)9-11-27(24)31-28(23)16-21;1-15(2,3)13-9-10-14(16-11-13)12-7-5-4-6-8-12;/h4-15,17-18H,1-3H3;4-7,9-11H,1-3H3;/q2*-1;. The minimum atomic E-state index is -1.72. The van der Waals surface area contributed by atoms with Crippen molar-refractivity contribution in [3.8, 4) is 33.6 Å². The van der Waals surface area contributed by atoms with Gasteiger partial charge in [-0.05, 0) is 51.4 Å². The number of hydrogen-bond donors (Lipinski definition) is 0. The summed E-state index contributed by atoms with van der Waals surface area (Å²) in [5.41, 5.74) is 6.87. The molecule has 7 aromatic rings. The SMILES string of the molecule is CC(C)C(C)c1ccnc(-c2[c-]c3sc4ccc(-c5ccccc5F)cc4c3cc2)c1.[CH3][Ge]([CH3])([CH3])[c]1ccc(-c2[c-]cccc2)nc1.[Ir]. The van der Waals surface area contributed by atoms with Crippen LogP contribution in [0.5, 0.6) is 0 Å². The minimum Gasteiger partial charge on any atom is 0 e. The van der Waals surface area contributed by atoms with Gasteiger partial charge in [-0.2, -0.15) is 11.3 Å². The summed E-state index contributed by atoms with van der Waals surface area (Å²) in [4.78, 5) is 9.14. The Hall–Kier alpha value is -3.48. The number of aromatic nitrogens is 2. The van der Waals surface area contributed by atoms with Gasteiger partial charge in [-0.25, -0.2) is 4.39 Å². The molecule has 0 spiro atoms. The van der Waals surface area contributed by atoms with Gasteiger partial charge in [0.25, 0.3) is 0 Å². The molecule has 1 unspecified atom stereocenters. The van der Waals surface area contributed by atoms with Gasteiger partial charge in [-0.15, -0.1) is 23.8 Å². The van der Waals surface area contributed by atoms with E-state index in [1.165, 1.54) is 20.7 Å². The molecule has 0 fully saturated rings. The second kappa shape index (κ2) is 15.4. The summed E-state index contributed by atoms with van der Waals surface area (Å²) in [6.45, 7) is 6.75. The summed E-state index contributed by atoms with van der Waals surface area (Å²) in [5.74, 6) is 8.00. The van der Waals surface area contributed by atoms with Crippen LogP contribution in [-0.2, 0) is 20.1 Å². The molecule has 0 amide bonds. The Balaban J connectivity index is 0.000000224. The largest absolute Gasteiger partial charge is 0 e. The van der Waals surface area contributed by atoms with Gasteiger partial charge in [0, 0.05) is 36.6 Å². The van der Waals surface area contributed by atoms with Crippen molar-refractivity contribution in [3.63, 3.8) is 0 Å². The van der Waals surface area contributed by atoms with Gasteiger partial charge >= 0.3 is 99.8 Å². The molecule has 0 aliphatic rings. The fourth-order valence-electron chi connectivity index (χ4n) is 5.53. The number of hydrogen-bond acceptors (Lipinski definition) is 3. The Morgan fingerprint density at radius 2 is 1.54 bits per heavy atom. The molecular formula is C42H39FGeIrN2S-2. The summed E-state index contributed by atoms with van der Waals surface area (Å²) in [5, 5.41) is 2.28. The van der Waals surface area contributed by atoms with E-state index in [-0.39, 0.29) is 25.9 Å². The third-order valence-corrected chi connectivity index (χ3v) is 14.1. The van der Waals surface area contributed by atoms with Crippen LogP contribution in [0.1, 0.15) is 32.3 Å². The van der Waals surface area contributed by atoms with E-state index in [4.69, 9.17) is 0 Å². The molecule has 48 heavy (non-hydrogen) atoms. The Morgan fingerprint density at radius 1 is 0.750 bits per heavy atom. The maximum Gasteiger partial charge on any atom is 0 e. The van der Waals surface area contributed by atoms with Crippen molar-refractivity contribution in [1.29, 1.82) is 0 Å². The first-order valence-electron chi connectivity index (χ1n) is 16.1. The van der Waals surface area contributed by atoms with Gasteiger partial charge < -0.3 is 4.98 Å². The normalized spacial score (nSPS) is 12.0. The number of thiophene rings is 1. The van der Waals surface area contributed by atoms with Gasteiger partial charge in [-0.1, -0.05) is 68.1 Å². The smallest absolute Gasteiger partial charge is 0 e. The molecule has 4 aromatic carbocycles. The van der Waals surface area contributed by atoms with Gasteiger partial charge in [0.15, 0.2) is 0 Å². The van der Waals surface area contributed by atoms with Crippen molar-refractivity contribution >= 4 is 49.2 Å². The molecular weight excluding hydrogens is 848 g/mol. The van der Waals surface area contributed by atoms with E-state index in [1.807, 2.05) is 54.9 Å². The number of benzene rings is 4. The van der Waals surface area contributed by atoms with Crippen LogP contribution < -0.4 is 4.40 Å². The average molecular weight is 888 g/mol. The molecule has 2 nitrogen and oxygen atoms in total. The van der Waals surface area contributed by atoms with E-state index >= 15 is 0 Å². The molecule has 3 heterocycles. The summed E-state index contributed by atoms with van der Waals surface area (Å²) >= 11 is 0.00101. The number of rotatable bonds is 6. The predicted molar refractivity (Wildman–Crippen MR) is 202 cm³/mol. The molecule has 6 heteroatoms. The second-order valence-electron chi connectivity index (χ2n) is 13.4. The van der Waals surface area contributed by atoms with Crippen molar-refractivity contribution in [2.75, 3.05) is 0 Å². The molecule has 0 aliphatic carbocycles. The third kappa shape index (κ3) is 8.03. The molecule has 0 aliphatic heterocycles. The Labute approximate surface area is 304 Å². The first kappa shape index (κ1) is 35.8. The van der Waals surface area contributed by atoms with Gasteiger partial charge in [0.05, 0.1) is 0 Å². The van der Waals surface area contributed by atoms with Gasteiger partial charge in [-0.3, -0.25) is 0 Å². The predicted octanol–water partition coefficient (Wildman–Crippen LogP) is 11.6. The monoisotopic (exact) mass is 889 g/mol. The van der Waals surface area contributed by atoms with Crippen LogP contribution in [0.15, 0.2) is 116 Å². The minimum absolute atomic E-state index is 0. The van der Waals surface area contributed by atoms with E-state index in [1.54, 1.807) is 17.4 Å². The van der Waals surface area contributed by atoms with E-state index in [9.17, 15) is 4.39 Å². The van der Waals surface area contributed by atoms with Crippen LogP contribution in [0, 0.1) is 23.9 Å². The fourth-order valence-corrected chi connectivity index (χ4v) is 8.79. The van der Waals surface area contributed by atoms with E-state index in [0.717, 1.165) is 43.6 Å². The first-order chi connectivity index (χ1) is 22.6. The number of nitrogens with zero attached hydrogens (tertiary/aromatic N) is 2. The molecule has 0 N–H and O–H groups in total. The summed E-state index contributed by atoms with van der Waals surface area (Å²) in [6, 6.07) is 40.7. The average Bonchev–Trinajstić information content (AvgIpc) is 3.46. The van der Waals surface area contributed by atoms with Gasteiger partial charge in [0.2, 0.25) is 0 Å². The van der Waals surface area contributed by atoms with Crippen LogP contribution in [-0.4, -0.2) is 23.2 Å². The van der Waals surface area contributed by atoms with Crippen molar-refractivity contribution in [1.82, 2.24) is 9.97 Å². The topological polar surface area (TPSA) is 25.8 Å². The summed E-state index contributed by atoms with van der Waals surface area (Å²) in [7, 11) is 0. The summed E-state index contributed by atoms with van der Waals surface area (Å²) < 4.78 is 18.0. The van der Waals surface area contributed by atoms with Crippen molar-refractivity contribution in [2.24, 2.45) is 5.92 Å². The zero-order valence-corrected chi connectivity index (χ0v) is 33.4. The van der Waals surface area contributed by atoms with E-state index in [2.05, 4.69) is 109 Å². The maximum absolute atomic E-state index is 14.3. The van der Waals surface area contributed by atoms with Crippen LogP contribution in [0.4, 0.5) is 4.39 Å². The Morgan fingerprint density at radius 3 is 2.23 bits per heavy atom. The molecule has 7 rings (SSSR count). The summed E-state index contributed by atoms with van der Waals surface area (Å²) in [6.07, 6.45) is 3.93. The number of halogens is 1. The van der Waals surface area contributed by atoms with Crippen molar-refractivity contribution < 1.29 is 24.5 Å². The molecule has 1 atom stereocenters. The zero-order chi connectivity index (χ0) is 33.1. The van der Waals surface area contributed by atoms with Gasteiger partial charge in [0.1, 0.15) is 5.82 Å². The molecule has 0 bridgehead atoms. The third-order valence-electron chi connectivity index (χ3n) is 8.78. The zero-order valence-electron chi connectivity index (χ0n) is 28.1.